The van der Waals surface area contributed by atoms with E-state index < -0.39 is 0 Å². The number of amides is 1. The van der Waals surface area contributed by atoms with E-state index in [0.29, 0.717) is 26.7 Å². The predicted molar refractivity (Wildman–Crippen MR) is 78.7 cm³/mol. The standard InChI is InChI=1S/C15H11ClN2O2/c1-17-13-8-7-10(16)9-12(13)14(15(17)19)18(20)11-5-3-2-4-6-11/h2-9H,1H3/b18-14+. The summed E-state index contributed by atoms with van der Waals surface area (Å²) >= 11 is 5.97. The molecule has 1 heterocycles. The summed E-state index contributed by atoms with van der Waals surface area (Å²) in [4.78, 5) is 13.7. The second kappa shape index (κ2) is 4.65. The third-order valence-corrected chi connectivity index (χ3v) is 3.51. The highest BCUT2D eigenvalue weighted by molar-refractivity contribution is 6.53. The zero-order chi connectivity index (χ0) is 14.3. The van der Waals surface area contributed by atoms with Crippen LogP contribution in [0, 0.1) is 5.21 Å². The van der Waals surface area contributed by atoms with Crippen LogP contribution in [0.25, 0.3) is 0 Å². The van der Waals surface area contributed by atoms with Crippen molar-refractivity contribution in [3.63, 3.8) is 0 Å². The Balaban J connectivity index is 2.25. The number of benzene rings is 2. The number of anilines is 1. The van der Waals surface area contributed by atoms with Crippen LogP contribution in [0.3, 0.4) is 0 Å². The number of fused-ring (bicyclic) bond motifs is 1. The molecule has 0 N–H and O–H groups in total. The first kappa shape index (κ1) is 12.7. The van der Waals surface area contributed by atoms with Crippen LogP contribution in [0.15, 0.2) is 48.5 Å². The fourth-order valence-corrected chi connectivity index (χ4v) is 2.43. The molecule has 1 amide bonds. The molecule has 0 atom stereocenters. The first-order valence-electron chi connectivity index (χ1n) is 6.07. The monoisotopic (exact) mass is 286 g/mol. The molecule has 1 aliphatic heterocycles. The van der Waals surface area contributed by atoms with Crippen LogP contribution >= 0.6 is 11.6 Å². The highest BCUT2D eigenvalue weighted by Crippen LogP contribution is 2.31. The number of hydrogen-bond acceptors (Lipinski definition) is 2. The molecule has 20 heavy (non-hydrogen) atoms. The van der Waals surface area contributed by atoms with Gasteiger partial charge in [0.15, 0.2) is 0 Å². The molecule has 0 unspecified atom stereocenters. The van der Waals surface area contributed by atoms with Gasteiger partial charge in [-0.15, -0.1) is 0 Å². The molecular formula is C15H11ClN2O2. The number of nitrogens with zero attached hydrogens (tertiary/aromatic N) is 2. The number of para-hydroxylation sites is 1. The van der Waals surface area contributed by atoms with Gasteiger partial charge >= 0.3 is 5.91 Å². The summed E-state index contributed by atoms with van der Waals surface area (Å²) in [6.45, 7) is 0. The maximum absolute atomic E-state index is 12.5. The van der Waals surface area contributed by atoms with Gasteiger partial charge in [0.25, 0.3) is 5.71 Å². The Kier molecular flexibility index (Phi) is 2.95. The summed E-state index contributed by atoms with van der Waals surface area (Å²) in [6.07, 6.45) is 0. The zero-order valence-electron chi connectivity index (χ0n) is 10.7. The number of hydrogen-bond donors (Lipinski definition) is 0. The molecule has 2 aromatic carbocycles. The highest BCUT2D eigenvalue weighted by atomic mass is 35.5. The lowest BCUT2D eigenvalue weighted by Gasteiger charge is -2.07. The van der Waals surface area contributed by atoms with Gasteiger partial charge in [-0.25, -0.2) is 0 Å². The summed E-state index contributed by atoms with van der Waals surface area (Å²) in [5, 5.41) is 13.0. The van der Waals surface area contributed by atoms with Crippen molar-refractivity contribution in [1.29, 1.82) is 0 Å². The lowest BCUT2D eigenvalue weighted by Crippen LogP contribution is -2.29. The lowest BCUT2D eigenvalue weighted by atomic mass is 10.1. The van der Waals surface area contributed by atoms with E-state index in [-0.39, 0.29) is 11.6 Å². The minimum Gasteiger partial charge on any atom is -0.618 e. The summed E-state index contributed by atoms with van der Waals surface area (Å²) in [7, 11) is 1.64. The van der Waals surface area contributed by atoms with Crippen LogP contribution in [-0.2, 0) is 4.79 Å². The normalized spacial score (nSPS) is 16.3. The van der Waals surface area contributed by atoms with Gasteiger partial charge in [-0.05, 0) is 18.2 Å². The quantitative estimate of drug-likeness (QED) is 0.460. The Morgan fingerprint density at radius 3 is 2.55 bits per heavy atom. The van der Waals surface area contributed by atoms with E-state index in [9.17, 15) is 10.0 Å². The SMILES string of the molecule is CN1C(=O)/C(=[N+](/[O-])c2ccccc2)c2cc(Cl)ccc21. The Labute approximate surface area is 121 Å². The Morgan fingerprint density at radius 2 is 1.85 bits per heavy atom. The molecule has 0 aliphatic carbocycles. The van der Waals surface area contributed by atoms with Crippen molar-refractivity contribution in [2.75, 3.05) is 11.9 Å². The van der Waals surface area contributed by atoms with Gasteiger partial charge in [-0.3, -0.25) is 4.79 Å². The summed E-state index contributed by atoms with van der Waals surface area (Å²) in [5.41, 5.74) is 1.75. The second-order valence-electron chi connectivity index (χ2n) is 4.50. The van der Waals surface area contributed by atoms with E-state index in [1.165, 1.54) is 4.90 Å². The average Bonchev–Trinajstić information content (AvgIpc) is 2.71. The van der Waals surface area contributed by atoms with Crippen LogP contribution in [0.5, 0.6) is 0 Å². The third kappa shape index (κ3) is 1.85. The van der Waals surface area contributed by atoms with Gasteiger partial charge in [0, 0.05) is 24.2 Å². The minimum atomic E-state index is -0.332. The molecule has 3 rings (SSSR count). The molecule has 0 bridgehead atoms. The summed E-state index contributed by atoms with van der Waals surface area (Å²) in [6, 6.07) is 13.7. The molecular weight excluding hydrogens is 276 g/mol. The Hall–Kier alpha value is -2.33. The van der Waals surface area contributed by atoms with Crippen molar-refractivity contribution < 1.29 is 9.53 Å². The number of carbonyl (C=O) groups is 1. The fraction of sp³-hybridized carbons (Fsp3) is 0.0667. The second-order valence-corrected chi connectivity index (χ2v) is 4.94. The molecule has 2 aromatic rings. The highest BCUT2D eigenvalue weighted by Gasteiger charge is 2.38. The smallest absolute Gasteiger partial charge is 0.324 e. The van der Waals surface area contributed by atoms with E-state index >= 15 is 0 Å². The van der Waals surface area contributed by atoms with Gasteiger partial charge < -0.3 is 10.1 Å². The van der Waals surface area contributed by atoms with Gasteiger partial charge in [-0.1, -0.05) is 29.8 Å². The van der Waals surface area contributed by atoms with Crippen LogP contribution in [-0.4, -0.2) is 23.4 Å². The molecule has 0 fully saturated rings. The van der Waals surface area contributed by atoms with Crippen LogP contribution in [0.4, 0.5) is 11.4 Å². The molecule has 0 radical (unpaired) electrons. The molecule has 5 heteroatoms. The summed E-state index contributed by atoms with van der Waals surface area (Å²) < 4.78 is 0.654. The molecule has 0 saturated carbocycles. The maximum Gasteiger partial charge on any atom is 0.324 e. The van der Waals surface area contributed by atoms with Crippen molar-refractivity contribution in [3.05, 3.63) is 64.3 Å². The van der Waals surface area contributed by atoms with Gasteiger partial charge in [0.2, 0.25) is 5.69 Å². The topological polar surface area (TPSA) is 46.4 Å². The van der Waals surface area contributed by atoms with E-state index in [1.807, 2.05) is 6.07 Å². The lowest BCUT2D eigenvalue weighted by molar-refractivity contribution is -0.359. The summed E-state index contributed by atoms with van der Waals surface area (Å²) in [5.74, 6) is -0.332. The van der Waals surface area contributed by atoms with Gasteiger partial charge in [0.05, 0.1) is 11.3 Å². The number of halogens is 1. The zero-order valence-corrected chi connectivity index (χ0v) is 11.5. The number of carbonyl (C=O) groups excluding carboxylic acids is 1. The first-order valence-corrected chi connectivity index (χ1v) is 6.44. The maximum atomic E-state index is 12.5. The van der Waals surface area contributed by atoms with Crippen molar-refractivity contribution in [2.45, 2.75) is 0 Å². The minimum absolute atomic E-state index is 0.0937. The van der Waals surface area contributed by atoms with Crippen molar-refractivity contribution in [2.24, 2.45) is 0 Å². The fourth-order valence-electron chi connectivity index (χ4n) is 2.26. The van der Waals surface area contributed by atoms with E-state index in [0.717, 1.165) is 0 Å². The number of likely N-dealkylation sites (N-methyl/N-ethyl adjacent to an activating group) is 1. The molecule has 0 saturated heterocycles. The Bertz CT molecular complexity index is 726. The average molecular weight is 287 g/mol. The van der Waals surface area contributed by atoms with E-state index in [1.54, 1.807) is 49.5 Å². The van der Waals surface area contributed by atoms with Crippen molar-refractivity contribution in [3.8, 4) is 0 Å². The molecule has 1 aliphatic rings. The van der Waals surface area contributed by atoms with Crippen LogP contribution < -0.4 is 4.90 Å². The number of rotatable bonds is 1. The molecule has 100 valence electrons. The predicted octanol–water partition coefficient (Wildman–Crippen LogP) is 2.95. The van der Waals surface area contributed by atoms with Gasteiger partial charge in [-0.2, -0.15) is 4.74 Å². The van der Waals surface area contributed by atoms with Crippen LogP contribution in [0.1, 0.15) is 5.56 Å². The Morgan fingerprint density at radius 1 is 1.15 bits per heavy atom. The van der Waals surface area contributed by atoms with Crippen LogP contribution in [0.2, 0.25) is 5.02 Å². The molecule has 0 spiro atoms. The van der Waals surface area contributed by atoms with Crippen molar-refractivity contribution >= 4 is 34.6 Å². The van der Waals surface area contributed by atoms with E-state index in [2.05, 4.69) is 0 Å². The first-order chi connectivity index (χ1) is 9.59. The van der Waals surface area contributed by atoms with Crippen molar-refractivity contribution in [1.82, 2.24) is 0 Å². The molecule has 4 nitrogen and oxygen atoms in total. The largest absolute Gasteiger partial charge is 0.618 e. The van der Waals surface area contributed by atoms with E-state index in [4.69, 9.17) is 11.6 Å². The third-order valence-electron chi connectivity index (χ3n) is 3.28. The molecule has 0 aromatic heterocycles. The van der Waals surface area contributed by atoms with Gasteiger partial charge in [0.1, 0.15) is 0 Å².